The lowest BCUT2D eigenvalue weighted by atomic mass is 10.0. The van der Waals surface area contributed by atoms with Gasteiger partial charge in [0.1, 0.15) is 17.7 Å². The van der Waals surface area contributed by atoms with Gasteiger partial charge in [0.05, 0.1) is 56.6 Å². The maximum Gasteiger partial charge on any atom is 0.387 e. The van der Waals surface area contributed by atoms with E-state index < -0.39 is 67.7 Å². The summed E-state index contributed by atoms with van der Waals surface area (Å²) >= 11 is 0. The number of amides is 2. The van der Waals surface area contributed by atoms with Crippen molar-refractivity contribution in [2.45, 2.75) is 38.8 Å². The zero-order valence-electron chi connectivity index (χ0n) is 24.5. The van der Waals surface area contributed by atoms with E-state index in [0.29, 0.717) is 22.5 Å². The molecule has 0 spiro atoms. The van der Waals surface area contributed by atoms with Crippen molar-refractivity contribution in [3.8, 4) is 11.5 Å². The van der Waals surface area contributed by atoms with Crippen LogP contribution in [0.4, 0.5) is 27.6 Å². The second-order valence-electron chi connectivity index (χ2n) is 9.86. The van der Waals surface area contributed by atoms with Gasteiger partial charge < -0.3 is 35.1 Å². The Balaban J connectivity index is 1.56. The molecule has 2 atom stereocenters. The van der Waals surface area contributed by atoms with Crippen molar-refractivity contribution in [2.75, 3.05) is 38.6 Å². The maximum absolute atomic E-state index is 13.6. The number of alkyl halides is 5. The average Bonchev–Trinajstić information content (AvgIpc) is 3.48. The van der Waals surface area contributed by atoms with E-state index in [-0.39, 0.29) is 30.8 Å². The normalized spacial score (nSPS) is 15.2. The molecule has 18 heteroatoms. The largest absolute Gasteiger partial charge is 0.469 e. The van der Waals surface area contributed by atoms with Gasteiger partial charge in [0.15, 0.2) is 5.96 Å². The summed E-state index contributed by atoms with van der Waals surface area (Å²) in [6.45, 7) is -5.43. The fourth-order valence-electron chi connectivity index (χ4n) is 4.57. The summed E-state index contributed by atoms with van der Waals surface area (Å²) in [7, 11) is 1.08. The average molecular weight is 656 g/mol. The number of hydrogen-bond acceptors (Lipinski definition) is 10. The van der Waals surface area contributed by atoms with Crippen LogP contribution in [0.2, 0.25) is 0 Å². The third-order valence-electron chi connectivity index (χ3n) is 6.69. The molecule has 0 fully saturated rings. The Morgan fingerprint density at radius 2 is 1.76 bits per heavy atom. The fraction of sp³-hybridized carbons (Fsp3) is 0.393. The van der Waals surface area contributed by atoms with E-state index in [2.05, 4.69) is 45.4 Å². The maximum atomic E-state index is 13.6. The first-order valence-corrected chi connectivity index (χ1v) is 13.8. The van der Waals surface area contributed by atoms with Gasteiger partial charge in [-0.15, -0.1) is 0 Å². The number of halogens is 5. The summed E-state index contributed by atoms with van der Waals surface area (Å²) in [6, 6.07) is 4.61. The van der Waals surface area contributed by atoms with Crippen LogP contribution in [0, 0.1) is 0 Å². The van der Waals surface area contributed by atoms with Gasteiger partial charge in [-0.2, -0.15) is 22.7 Å². The highest BCUT2D eigenvalue weighted by Crippen LogP contribution is 2.31. The van der Waals surface area contributed by atoms with Crippen LogP contribution in [0.3, 0.4) is 0 Å². The van der Waals surface area contributed by atoms with Crippen LogP contribution in [0.15, 0.2) is 41.5 Å². The zero-order chi connectivity index (χ0) is 33.4. The molecule has 1 aliphatic heterocycles. The van der Waals surface area contributed by atoms with E-state index in [1.807, 2.05) is 0 Å². The first-order valence-electron chi connectivity index (χ1n) is 13.8. The van der Waals surface area contributed by atoms with Crippen LogP contribution in [-0.4, -0.2) is 91.5 Å². The zero-order valence-corrected chi connectivity index (χ0v) is 24.5. The van der Waals surface area contributed by atoms with E-state index in [1.54, 1.807) is 6.92 Å². The third kappa shape index (κ3) is 8.95. The van der Waals surface area contributed by atoms with Gasteiger partial charge in [-0.3, -0.25) is 19.5 Å². The Kier molecular flexibility index (Phi) is 11.2. The van der Waals surface area contributed by atoms with E-state index in [9.17, 15) is 36.3 Å². The van der Waals surface area contributed by atoms with Crippen molar-refractivity contribution in [2.24, 2.45) is 4.99 Å². The molecule has 1 aliphatic rings. The number of aromatic nitrogens is 2. The molecular formula is C28H30F5N7O6. The number of anilines is 1. The smallest absolute Gasteiger partial charge is 0.387 e. The lowest BCUT2D eigenvalue weighted by Crippen LogP contribution is -2.42. The SMILES string of the molecule is CCN(CC(=O)N[C@@H](CC(=O)OC)c1cc(OC(F)F)cc(OC(F)F)c1)C(=O)c1cc(NC2=NCC(F)CN2)c2cn[nH]c2c1. The quantitative estimate of drug-likeness (QED) is 0.160. The molecule has 4 N–H and O–H groups in total. The minimum Gasteiger partial charge on any atom is -0.469 e. The van der Waals surface area contributed by atoms with Gasteiger partial charge in [0.25, 0.3) is 5.91 Å². The van der Waals surface area contributed by atoms with Crippen molar-refractivity contribution in [3.63, 3.8) is 0 Å². The number of guanidine groups is 1. The molecule has 2 amide bonds. The molecule has 2 aromatic carbocycles. The number of benzene rings is 2. The highest BCUT2D eigenvalue weighted by atomic mass is 19.3. The number of methoxy groups -OCH3 is 1. The molecule has 0 saturated carbocycles. The number of aromatic amines is 1. The first kappa shape index (κ1) is 33.7. The minimum absolute atomic E-state index is 0.0394. The number of fused-ring (bicyclic) bond motifs is 1. The predicted octanol–water partition coefficient (Wildman–Crippen LogP) is 3.36. The van der Waals surface area contributed by atoms with Gasteiger partial charge in [-0.25, -0.2) is 9.38 Å². The van der Waals surface area contributed by atoms with Crippen LogP contribution < -0.4 is 25.4 Å². The van der Waals surface area contributed by atoms with Crippen molar-refractivity contribution in [1.82, 2.24) is 25.7 Å². The molecular weight excluding hydrogens is 625 g/mol. The number of likely N-dealkylation sites (N-methyl/N-ethyl adjacent to an activating group) is 1. The molecule has 3 aromatic rings. The molecule has 0 saturated heterocycles. The van der Waals surface area contributed by atoms with Gasteiger partial charge in [0.2, 0.25) is 5.91 Å². The molecule has 13 nitrogen and oxygen atoms in total. The topological polar surface area (TPSA) is 159 Å². The number of nitrogens with zero attached hydrogens (tertiary/aromatic N) is 3. The van der Waals surface area contributed by atoms with Crippen LogP contribution in [0.1, 0.15) is 35.3 Å². The number of aliphatic imine (C=N–C) groups is 1. The standard InChI is InChI=1S/C28H30F5N7O6/c1-3-40(25(43)15-6-21(19-12-36-39-22(19)7-15)38-28-34-10-16(29)11-35-28)13-23(41)37-20(9-24(42)44-2)14-4-17(45-26(30)31)8-18(5-14)46-27(32)33/h4-8,12,16,20,26-27H,3,9-11,13H2,1-2H3,(H,36,39)(H,37,41)(H2,34,35,38)/t20-/m0/s1. The number of hydrogen-bond donors (Lipinski definition) is 4. The van der Waals surface area contributed by atoms with E-state index in [0.717, 1.165) is 25.3 Å². The molecule has 46 heavy (non-hydrogen) atoms. The van der Waals surface area contributed by atoms with Crippen LogP contribution >= 0.6 is 0 Å². The minimum atomic E-state index is -3.31. The first-order chi connectivity index (χ1) is 21.9. The van der Waals surface area contributed by atoms with E-state index in [4.69, 9.17) is 0 Å². The second-order valence-corrected chi connectivity index (χ2v) is 9.86. The molecule has 4 rings (SSSR count). The second kappa shape index (κ2) is 15.2. The summed E-state index contributed by atoms with van der Waals surface area (Å²) in [4.78, 5) is 44.2. The van der Waals surface area contributed by atoms with Crippen molar-refractivity contribution in [1.29, 1.82) is 0 Å². The van der Waals surface area contributed by atoms with Gasteiger partial charge in [-0.1, -0.05) is 0 Å². The third-order valence-corrected chi connectivity index (χ3v) is 6.69. The molecule has 1 aromatic heterocycles. The summed E-state index contributed by atoms with van der Waals surface area (Å²) in [5, 5.41) is 15.8. The van der Waals surface area contributed by atoms with Gasteiger partial charge >= 0.3 is 19.2 Å². The summed E-state index contributed by atoms with van der Waals surface area (Å²) in [6.07, 6.45) is -0.133. The Bertz CT molecular complexity index is 1560. The van der Waals surface area contributed by atoms with E-state index >= 15 is 0 Å². The van der Waals surface area contributed by atoms with Crippen molar-refractivity contribution >= 4 is 40.3 Å². The van der Waals surface area contributed by atoms with Gasteiger partial charge in [-0.05, 0) is 36.8 Å². The van der Waals surface area contributed by atoms with Crippen LogP contribution in [-0.2, 0) is 14.3 Å². The molecule has 0 bridgehead atoms. The molecule has 0 radical (unpaired) electrons. The lowest BCUT2D eigenvalue weighted by molar-refractivity contribution is -0.141. The summed E-state index contributed by atoms with van der Waals surface area (Å²) in [5.74, 6) is -2.98. The predicted molar refractivity (Wildman–Crippen MR) is 154 cm³/mol. The van der Waals surface area contributed by atoms with Crippen molar-refractivity contribution < 1.29 is 50.5 Å². The summed E-state index contributed by atoms with van der Waals surface area (Å²) in [5.41, 5.74) is 0.995. The molecule has 0 aliphatic carbocycles. The highest BCUT2D eigenvalue weighted by molar-refractivity contribution is 6.07. The Morgan fingerprint density at radius 1 is 1.07 bits per heavy atom. The monoisotopic (exact) mass is 655 g/mol. The molecule has 2 heterocycles. The van der Waals surface area contributed by atoms with Crippen LogP contribution in [0.5, 0.6) is 11.5 Å². The molecule has 1 unspecified atom stereocenters. The lowest BCUT2D eigenvalue weighted by Gasteiger charge is -2.24. The van der Waals surface area contributed by atoms with Gasteiger partial charge in [0, 0.05) is 23.6 Å². The Morgan fingerprint density at radius 3 is 2.35 bits per heavy atom. The van der Waals surface area contributed by atoms with Crippen molar-refractivity contribution in [3.05, 3.63) is 47.7 Å². The van der Waals surface area contributed by atoms with Crippen LogP contribution in [0.25, 0.3) is 10.9 Å². The fourth-order valence-corrected chi connectivity index (χ4v) is 4.57. The number of H-pyrrole nitrogens is 1. The Hall–Kier alpha value is -5.16. The van der Waals surface area contributed by atoms with E-state index in [1.165, 1.54) is 23.2 Å². The number of carbonyl (C=O) groups is 3. The Labute approximate surface area is 258 Å². The highest BCUT2D eigenvalue weighted by Gasteiger charge is 2.25. The molecule has 248 valence electrons. The number of nitrogens with one attached hydrogen (secondary N) is 4. The number of rotatable bonds is 13. The number of ether oxygens (including phenoxy) is 3. The number of carbonyl (C=O) groups excluding carboxylic acids is 3. The number of esters is 1. The summed E-state index contributed by atoms with van der Waals surface area (Å²) < 4.78 is 78.5.